The molecule has 0 aliphatic rings. The van der Waals surface area contributed by atoms with Gasteiger partial charge >= 0.3 is 0 Å². The number of hydrogen-bond acceptors (Lipinski definition) is 4. The van der Waals surface area contributed by atoms with Crippen LogP contribution in [0.5, 0.6) is 5.75 Å². The fourth-order valence-corrected chi connectivity index (χ4v) is 7.18. The van der Waals surface area contributed by atoms with Gasteiger partial charge in [0, 0.05) is 20.1 Å². The number of ether oxygens (including phenoxy) is 1. The summed E-state index contributed by atoms with van der Waals surface area (Å²) in [6, 6.07) is 15.0. The van der Waals surface area contributed by atoms with Crippen molar-refractivity contribution >= 4 is 22.7 Å². The van der Waals surface area contributed by atoms with Crippen LogP contribution in [-0.2, 0) is 0 Å². The van der Waals surface area contributed by atoms with Gasteiger partial charge in [-0.2, -0.15) is 0 Å². The second-order valence-electron chi connectivity index (χ2n) is 14.7. The summed E-state index contributed by atoms with van der Waals surface area (Å²) in [4.78, 5) is 4.82. The number of anilines is 4. The average molecular weight is 678 g/mol. The summed E-state index contributed by atoms with van der Waals surface area (Å²) < 4.78 is 6.43. The molecular weight excluding hydrogens is 599 g/mol. The van der Waals surface area contributed by atoms with Crippen LogP contribution in [0.1, 0.15) is 188 Å². The Morgan fingerprint density at radius 3 is 1.35 bits per heavy atom. The van der Waals surface area contributed by atoms with Crippen molar-refractivity contribution in [3.8, 4) is 5.75 Å². The van der Waals surface area contributed by atoms with Crippen LogP contribution < -0.4 is 20.3 Å². The average Bonchev–Trinajstić information content (AvgIpc) is 3.11. The maximum absolute atomic E-state index is 6.53. The quantitative estimate of drug-likeness (QED) is 0.0603. The smallest absolute Gasteiger partial charge is 0.165 e. The van der Waals surface area contributed by atoms with Crippen molar-refractivity contribution in [2.45, 2.75) is 188 Å². The molecule has 4 nitrogen and oxygen atoms in total. The zero-order valence-electron chi connectivity index (χ0n) is 32.9. The largest absolute Gasteiger partial charge is 0.489 e. The van der Waals surface area contributed by atoms with Crippen LogP contribution in [0, 0.1) is 0 Å². The Labute approximate surface area is 305 Å². The summed E-state index contributed by atoms with van der Waals surface area (Å²) in [5.74, 6) is 0.829. The molecular formula is C45H79N3O. The number of benzene rings is 2. The number of nitrogen functional groups attached to an aromatic ring is 1. The summed E-state index contributed by atoms with van der Waals surface area (Å²) >= 11 is 0. The lowest BCUT2D eigenvalue weighted by Gasteiger charge is -2.31. The third-order valence-electron chi connectivity index (χ3n) is 10.3. The van der Waals surface area contributed by atoms with Gasteiger partial charge in [-0.3, -0.25) is 0 Å². The molecule has 0 unspecified atom stereocenters. The van der Waals surface area contributed by atoms with Gasteiger partial charge in [-0.05, 0) is 44.0 Å². The molecule has 0 aromatic heterocycles. The van der Waals surface area contributed by atoms with Gasteiger partial charge in [0.2, 0.25) is 0 Å². The second-order valence-corrected chi connectivity index (χ2v) is 14.7. The predicted octanol–water partition coefficient (Wildman–Crippen LogP) is 14.4. The maximum atomic E-state index is 6.53. The number of para-hydroxylation sites is 3. The van der Waals surface area contributed by atoms with Gasteiger partial charge in [-0.1, -0.05) is 186 Å². The zero-order valence-corrected chi connectivity index (χ0v) is 32.9. The number of hydrogen-bond donors (Lipinski definition) is 1. The molecule has 0 radical (unpaired) electrons. The highest BCUT2D eigenvalue weighted by Gasteiger charge is 2.19. The Bertz CT molecular complexity index is 1040. The molecule has 2 aromatic carbocycles. The van der Waals surface area contributed by atoms with Gasteiger partial charge < -0.3 is 20.3 Å². The van der Waals surface area contributed by atoms with Crippen molar-refractivity contribution in [2.75, 3.05) is 42.3 Å². The van der Waals surface area contributed by atoms with Crippen molar-refractivity contribution in [3.05, 3.63) is 42.5 Å². The Balaban J connectivity index is 1.73. The molecule has 4 heteroatoms. The minimum Gasteiger partial charge on any atom is -0.489 e. The second kappa shape index (κ2) is 29.4. The van der Waals surface area contributed by atoms with Crippen molar-refractivity contribution in [1.29, 1.82) is 0 Å². The van der Waals surface area contributed by atoms with E-state index >= 15 is 0 Å². The zero-order chi connectivity index (χ0) is 35.2. The highest BCUT2D eigenvalue weighted by Crippen LogP contribution is 2.41. The van der Waals surface area contributed by atoms with Crippen molar-refractivity contribution in [2.24, 2.45) is 0 Å². The highest BCUT2D eigenvalue weighted by molar-refractivity contribution is 5.82. The molecule has 2 N–H and O–H groups in total. The SMILES string of the molecule is CCCCCCCCCCCCCCCCCCN(C)c1ccccc1N(CC)c1cccc(N)c1OCCCCCCCCCCCC. The highest BCUT2D eigenvalue weighted by atomic mass is 16.5. The van der Waals surface area contributed by atoms with Gasteiger partial charge in [-0.25, -0.2) is 0 Å². The third-order valence-corrected chi connectivity index (χ3v) is 10.3. The van der Waals surface area contributed by atoms with Crippen LogP contribution in [0.2, 0.25) is 0 Å². The topological polar surface area (TPSA) is 41.7 Å². The summed E-state index contributed by atoms with van der Waals surface area (Å²) in [7, 11) is 2.25. The van der Waals surface area contributed by atoms with E-state index in [0.717, 1.165) is 43.2 Å². The lowest BCUT2D eigenvalue weighted by Crippen LogP contribution is -2.24. The van der Waals surface area contributed by atoms with E-state index in [9.17, 15) is 0 Å². The van der Waals surface area contributed by atoms with Gasteiger partial charge in [0.05, 0.1) is 29.4 Å². The molecule has 2 rings (SSSR count). The van der Waals surface area contributed by atoms with Crippen molar-refractivity contribution in [1.82, 2.24) is 0 Å². The van der Waals surface area contributed by atoms with E-state index in [1.54, 1.807) is 0 Å². The van der Waals surface area contributed by atoms with E-state index in [1.165, 1.54) is 172 Å². The van der Waals surface area contributed by atoms with Crippen molar-refractivity contribution < 1.29 is 4.74 Å². The molecule has 0 heterocycles. The van der Waals surface area contributed by atoms with E-state index in [2.05, 4.69) is 74.0 Å². The summed E-state index contributed by atoms with van der Waals surface area (Å²) in [5.41, 5.74) is 10.8. The summed E-state index contributed by atoms with van der Waals surface area (Å²) in [6.07, 6.45) is 35.7. The molecule has 49 heavy (non-hydrogen) atoms. The molecule has 0 aliphatic heterocycles. The monoisotopic (exact) mass is 678 g/mol. The third kappa shape index (κ3) is 19.0. The van der Waals surface area contributed by atoms with Gasteiger partial charge in [-0.15, -0.1) is 0 Å². The van der Waals surface area contributed by atoms with Crippen LogP contribution in [0.25, 0.3) is 0 Å². The molecule has 0 aliphatic carbocycles. The van der Waals surface area contributed by atoms with Crippen LogP contribution in [0.4, 0.5) is 22.7 Å². The Morgan fingerprint density at radius 2 is 0.878 bits per heavy atom. The molecule has 0 saturated carbocycles. The number of nitrogens with two attached hydrogens (primary N) is 1. The standard InChI is InChI=1S/C45H79N3O/c1-5-8-10-12-14-16-18-19-20-21-22-23-24-26-28-32-39-47(4)42-36-30-31-37-43(42)48(7-3)44-38-34-35-41(46)45(44)49-40-33-29-27-25-17-15-13-11-9-6-2/h30-31,34-38H,5-29,32-33,39-40,46H2,1-4H3. The molecule has 0 bridgehead atoms. The fourth-order valence-electron chi connectivity index (χ4n) is 7.18. The molecule has 280 valence electrons. The molecule has 0 amide bonds. The van der Waals surface area contributed by atoms with E-state index in [1.807, 2.05) is 6.07 Å². The van der Waals surface area contributed by atoms with Crippen LogP contribution in [0.15, 0.2) is 42.5 Å². The minimum atomic E-state index is 0.718. The van der Waals surface area contributed by atoms with Crippen molar-refractivity contribution in [3.63, 3.8) is 0 Å². The van der Waals surface area contributed by atoms with E-state index in [4.69, 9.17) is 10.5 Å². The van der Waals surface area contributed by atoms with Gasteiger partial charge in [0.25, 0.3) is 0 Å². The maximum Gasteiger partial charge on any atom is 0.165 e. The lowest BCUT2D eigenvalue weighted by atomic mass is 10.0. The molecule has 0 spiro atoms. The fraction of sp³-hybridized carbons (Fsp3) is 0.733. The number of nitrogens with zero attached hydrogens (tertiary/aromatic N) is 2. The van der Waals surface area contributed by atoms with E-state index < -0.39 is 0 Å². The van der Waals surface area contributed by atoms with Gasteiger partial charge in [0.1, 0.15) is 0 Å². The first-order valence-corrected chi connectivity index (χ1v) is 21.2. The van der Waals surface area contributed by atoms with Crippen LogP contribution >= 0.6 is 0 Å². The Morgan fingerprint density at radius 1 is 0.469 bits per heavy atom. The summed E-state index contributed by atoms with van der Waals surface area (Å²) in [6.45, 7) is 9.45. The molecule has 0 fully saturated rings. The normalized spacial score (nSPS) is 11.3. The first-order valence-electron chi connectivity index (χ1n) is 21.2. The molecule has 0 atom stereocenters. The van der Waals surface area contributed by atoms with E-state index in [0.29, 0.717) is 0 Å². The molecule has 0 saturated heterocycles. The summed E-state index contributed by atoms with van der Waals surface area (Å²) in [5, 5.41) is 0. The van der Waals surface area contributed by atoms with Crippen LogP contribution in [0.3, 0.4) is 0 Å². The number of rotatable bonds is 33. The van der Waals surface area contributed by atoms with Crippen LogP contribution in [-0.4, -0.2) is 26.7 Å². The molecule has 2 aromatic rings. The Kier molecular flexibility index (Phi) is 25.7. The first-order chi connectivity index (χ1) is 24.1. The predicted molar refractivity (Wildman–Crippen MR) is 220 cm³/mol. The van der Waals surface area contributed by atoms with Gasteiger partial charge in [0.15, 0.2) is 5.75 Å². The van der Waals surface area contributed by atoms with E-state index in [-0.39, 0.29) is 0 Å². The first kappa shape index (κ1) is 42.8. The lowest BCUT2D eigenvalue weighted by molar-refractivity contribution is 0.306. The minimum absolute atomic E-state index is 0.718. The number of unbranched alkanes of at least 4 members (excludes halogenated alkanes) is 24. The Hall–Kier alpha value is -2.36.